The molecule has 2 saturated heterocycles. The maximum Gasteiger partial charge on any atom is 0.243 e. The third-order valence-electron chi connectivity index (χ3n) is 6.00. The average molecular weight is 461 g/mol. The standard InChI is InChI=1S/C23H29FN4O3S/c24-21-9-2-3-10-22(21)27-15-13-26(14-16-27)18-23(29)25-19-7-6-8-20(17-19)32(30,31)28-11-4-1-5-12-28/h2-3,6-10,17H,1,4-5,11-16,18H2,(H,25,29). The number of piperidine rings is 1. The molecule has 0 aromatic heterocycles. The van der Waals surface area contributed by atoms with E-state index in [9.17, 15) is 17.6 Å². The Balaban J connectivity index is 1.32. The highest BCUT2D eigenvalue weighted by molar-refractivity contribution is 7.89. The largest absolute Gasteiger partial charge is 0.367 e. The predicted molar refractivity (Wildman–Crippen MR) is 123 cm³/mol. The van der Waals surface area contributed by atoms with Crippen LogP contribution in [0.4, 0.5) is 15.8 Å². The Hall–Kier alpha value is -2.49. The molecule has 1 amide bonds. The second-order valence-corrected chi connectivity index (χ2v) is 10.2. The molecule has 2 heterocycles. The van der Waals surface area contributed by atoms with Crippen LogP contribution < -0.4 is 10.2 Å². The van der Waals surface area contributed by atoms with Gasteiger partial charge in [0.15, 0.2) is 0 Å². The number of halogens is 1. The van der Waals surface area contributed by atoms with Gasteiger partial charge in [0.1, 0.15) is 5.82 Å². The first-order chi connectivity index (χ1) is 15.4. The van der Waals surface area contributed by atoms with Crippen LogP contribution in [0.25, 0.3) is 0 Å². The van der Waals surface area contributed by atoms with Gasteiger partial charge in [0.2, 0.25) is 15.9 Å². The van der Waals surface area contributed by atoms with E-state index < -0.39 is 10.0 Å². The molecule has 0 saturated carbocycles. The number of sulfonamides is 1. The molecule has 4 rings (SSSR count). The van der Waals surface area contributed by atoms with Gasteiger partial charge >= 0.3 is 0 Å². The van der Waals surface area contributed by atoms with Crippen LogP contribution >= 0.6 is 0 Å². The van der Waals surface area contributed by atoms with Crippen LogP contribution in [0.2, 0.25) is 0 Å². The zero-order valence-electron chi connectivity index (χ0n) is 18.0. The van der Waals surface area contributed by atoms with Gasteiger partial charge in [0.05, 0.1) is 17.1 Å². The molecule has 2 aromatic carbocycles. The molecule has 2 aliphatic rings. The molecule has 2 aliphatic heterocycles. The Morgan fingerprint density at radius 1 is 0.906 bits per heavy atom. The Labute approximate surface area is 188 Å². The normalized spacial score (nSPS) is 18.5. The number of rotatable bonds is 6. The Morgan fingerprint density at radius 3 is 2.34 bits per heavy atom. The monoisotopic (exact) mass is 460 g/mol. The van der Waals surface area contributed by atoms with Crippen molar-refractivity contribution in [1.82, 2.24) is 9.21 Å². The molecule has 32 heavy (non-hydrogen) atoms. The molecule has 0 unspecified atom stereocenters. The van der Waals surface area contributed by atoms with Crippen molar-refractivity contribution in [2.75, 3.05) is 56.0 Å². The zero-order chi connectivity index (χ0) is 22.6. The second-order valence-electron chi connectivity index (χ2n) is 8.26. The lowest BCUT2D eigenvalue weighted by Gasteiger charge is -2.35. The van der Waals surface area contributed by atoms with E-state index in [1.165, 1.54) is 16.4 Å². The van der Waals surface area contributed by atoms with Crippen LogP contribution in [-0.4, -0.2) is 69.3 Å². The number of anilines is 2. The summed E-state index contributed by atoms with van der Waals surface area (Å²) in [6, 6.07) is 13.2. The lowest BCUT2D eigenvalue weighted by molar-refractivity contribution is -0.117. The lowest BCUT2D eigenvalue weighted by Crippen LogP contribution is -2.48. The number of benzene rings is 2. The van der Waals surface area contributed by atoms with E-state index in [4.69, 9.17) is 0 Å². The van der Waals surface area contributed by atoms with Gasteiger partial charge in [-0.2, -0.15) is 4.31 Å². The minimum Gasteiger partial charge on any atom is -0.367 e. The van der Waals surface area contributed by atoms with Gasteiger partial charge in [-0.3, -0.25) is 9.69 Å². The summed E-state index contributed by atoms with van der Waals surface area (Å²) in [5.41, 5.74) is 1.06. The minimum atomic E-state index is -3.55. The number of hydrogen-bond acceptors (Lipinski definition) is 5. The maximum absolute atomic E-state index is 14.0. The summed E-state index contributed by atoms with van der Waals surface area (Å²) in [5, 5.41) is 2.82. The fourth-order valence-corrected chi connectivity index (χ4v) is 5.81. The van der Waals surface area contributed by atoms with Gasteiger partial charge in [0, 0.05) is 45.0 Å². The lowest BCUT2D eigenvalue weighted by atomic mass is 10.2. The van der Waals surface area contributed by atoms with Crippen LogP contribution in [0, 0.1) is 5.82 Å². The van der Waals surface area contributed by atoms with E-state index in [-0.39, 0.29) is 23.2 Å². The molecular weight excluding hydrogens is 431 g/mol. The maximum atomic E-state index is 14.0. The van der Waals surface area contributed by atoms with E-state index in [0.717, 1.165) is 19.3 Å². The summed E-state index contributed by atoms with van der Waals surface area (Å²) in [6.45, 7) is 3.84. The van der Waals surface area contributed by atoms with Gasteiger partial charge in [-0.05, 0) is 43.2 Å². The Bertz CT molecular complexity index is 1050. The molecule has 9 heteroatoms. The van der Waals surface area contributed by atoms with Crippen LogP contribution in [0.1, 0.15) is 19.3 Å². The molecule has 0 atom stereocenters. The third-order valence-corrected chi connectivity index (χ3v) is 7.90. The molecule has 0 radical (unpaired) electrons. The van der Waals surface area contributed by atoms with E-state index in [0.29, 0.717) is 50.6 Å². The first kappa shape index (κ1) is 22.7. The highest BCUT2D eigenvalue weighted by Gasteiger charge is 2.26. The van der Waals surface area contributed by atoms with Crippen LogP contribution in [0.15, 0.2) is 53.4 Å². The fourth-order valence-electron chi connectivity index (χ4n) is 4.25. The fraction of sp³-hybridized carbons (Fsp3) is 0.435. The van der Waals surface area contributed by atoms with Crippen molar-refractivity contribution in [2.24, 2.45) is 0 Å². The minimum absolute atomic E-state index is 0.197. The first-order valence-corrected chi connectivity index (χ1v) is 12.5. The molecule has 2 fully saturated rings. The number of nitrogens with one attached hydrogen (secondary N) is 1. The van der Waals surface area contributed by atoms with Gasteiger partial charge < -0.3 is 10.2 Å². The number of nitrogens with zero attached hydrogens (tertiary/aromatic N) is 3. The van der Waals surface area contributed by atoms with Crippen LogP contribution in [0.5, 0.6) is 0 Å². The predicted octanol–water partition coefficient (Wildman–Crippen LogP) is 2.76. The summed E-state index contributed by atoms with van der Waals surface area (Å²) in [6.07, 6.45) is 2.80. The Kier molecular flexibility index (Phi) is 7.07. The number of amides is 1. The van der Waals surface area contributed by atoms with Gasteiger partial charge in [-0.1, -0.05) is 24.6 Å². The van der Waals surface area contributed by atoms with E-state index >= 15 is 0 Å². The second kappa shape index (κ2) is 9.97. The number of hydrogen-bond donors (Lipinski definition) is 1. The number of carbonyl (C=O) groups is 1. The molecule has 7 nitrogen and oxygen atoms in total. The molecule has 172 valence electrons. The van der Waals surface area contributed by atoms with Crippen molar-refractivity contribution in [2.45, 2.75) is 24.2 Å². The number of carbonyl (C=O) groups excluding carboxylic acids is 1. The average Bonchev–Trinajstić information content (AvgIpc) is 2.81. The van der Waals surface area contributed by atoms with E-state index in [2.05, 4.69) is 5.32 Å². The van der Waals surface area contributed by atoms with Crippen LogP contribution in [0.3, 0.4) is 0 Å². The van der Waals surface area contributed by atoms with Gasteiger partial charge in [-0.15, -0.1) is 0 Å². The first-order valence-electron chi connectivity index (χ1n) is 11.1. The SMILES string of the molecule is O=C(CN1CCN(c2ccccc2F)CC1)Nc1cccc(S(=O)(=O)N2CCCCC2)c1. The van der Waals surface area contributed by atoms with Crippen molar-refractivity contribution in [1.29, 1.82) is 0 Å². The molecule has 2 aromatic rings. The molecule has 0 spiro atoms. The number of piperazine rings is 1. The summed E-state index contributed by atoms with van der Waals surface area (Å²) in [4.78, 5) is 16.8. The van der Waals surface area contributed by atoms with Crippen molar-refractivity contribution in [3.63, 3.8) is 0 Å². The molecular formula is C23H29FN4O3S. The smallest absolute Gasteiger partial charge is 0.243 e. The van der Waals surface area contributed by atoms with E-state index in [1.54, 1.807) is 30.3 Å². The highest BCUT2D eigenvalue weighted by atomic mass is 32.2. The summed E-state index contributed by atoms with van der Waals surface area (Å²) < 4.78 is 41.3. The van der Waals surface area contributed by atoms with Gasteiger partial charge in [-0.25, -0.2) is 12.8 Å². The highest BCUT2D eigenvalue weighted by Crippen LogP contribution is 2.23. The molecule has 1 N–H and O–H groups in total. The number of para-hydroxylation sites is 1. The Morgan fingerprint density at radius 2 is 1.62 bits per heavy atom. The summed E-state index contributed by atoms with van der Waals surface area (Å²) >= 11 is 0. The van der Waals surface area contributed by atoms with Gasteiger partial charge in [0.25, 0.3) is 0 Å². The molecule has 0 bridgehead atoms. The van der Waals surface area contributed by atoms with Crippen molar-refractivity contribution in [3.05, 3.63) is 54.3 Å². The zero-order valence-corrected chi connectivity index (χ0v) is 18.9. The van der Waals surface area contributed by atoms with E-state index in [1.807, 2.05) is 15.9 Å². The third kappa shape index (κ3) is 5.28. The van der Waals surface area contributed by atoms with Crippen molar-refractivity contribution in [3.8, 4) is 0 Å². The summed E-state index contributed by atoms with van der Waals surface area (Å²) in [5.74, 6) is -0.435. The van der Waals surface area contributed by atoms with Crippen LogP contribution in [-0.2, 0) is 14.8 Å². The summed E-state index contributed by atoms with van der Waals surface area (Å²) in [7, 11) is -3.55. The topological polar surface area (TPSA) is 73.0 Å². The molecule has 0 aliphatic carbocycles. The quantitative estimate of drug-likeness (QED) is 0.718. The van der Waals surface area contributed by atoms with Crippen molar-refractivity contribution >= 4 is 27.3 Å². The van der Waals surface area contributed by atoms with Crippen molar-refractivity contribution < 1.29 is 17.6 Å².